The second kappa shape index (κ2) is 7.89. The number of aromatic nitrogens is 1. The second-order valence-corrected chi connectivity index (χ2v) is 4.12. The SMILES string of the molecule is C/C=C(/C=C\CNC(=O)c1ccncc1C(N)=O)CC. The van der Waals surface area contributed by atoms with Crippen molar-refractivity contribution in [2.24, 2.45) is 5.73 Å². The van der Waals surface area contributed by atoms with Crippen LogP contribution in [0, 0.1) is 0 Å². The topological polar surface area (TPSA) is 85.1 Å². The van der Waals surface area contributed by atoms with Crippen molar-refractivity contribution in [1.29, 1.82) is 0 Å². The van der Waals surface area contributed by atoms with Gasteiger partial charge in [0.15, 0.2) is 0 Å². The highest BCUT2D eigenvalue weighted by Crippen LogP contribution is 2.06. The highest BCUT2D eigenvalue weighted by Gasteiger charge is 2.13. The van der Waals surface area contributed by atoms with E-state index in [4.69, 9.17) is 5.73 Å². The molecular formula is C15H19N3O2. The molecule has 20 heavy (non-hydrogen) atoms. The third-order valence-electron chi connectivity index (χ3n) is 2.82. The quantitative estimate of drug-likeness (QED) is 0.775. The molecule has 0 fully saturated rings. The minimum Gasteiger partial charge on any atom is -0.366 e. The lowest BCUT2D eigenvalue weighted by atomic mass is 10.1. The number of allylic oxidation sites excluding steroid dienone is 3. The second-order valence-electron chi connectivity index (χ2n) is 4.12. The van der Waals surface area contributed by atoms with E-state index in [1.165, 1.54) is 24.0 Å². The van der Waals surface area contributed by atoms with Crippen molar-refractivity contribution in [2.45, 2.75) is 20.3 Å². The van der Waals surface area contributed by atoms with Crippen molar-refractivity contribution in [3.8, 4) is 0 Å². The van der Waals surface area contributed by atoms with E-state index in [1.54, 1.807) is 0 Å². The number of nitrogens with zero attached hydrogens (tertiary/aromatic N) is 1. The number of primary amides is 1. The van der Waals surface area contributed by atoms with Crippen LogP contribution in [0.3, 0.4) is 0 Å². The molecule has 0 unspecified atom stereocenters. The van der Waals surface area contributed by atoms with Gasteiger partial charge in [-0.2, -0.15) is 0 Å². The molecule has 0 radical (unpaired) electrons. The Bertz CT molecular complexity index is 548. The molecule has 0 aromatic carbocycles. The van der Waals surface area contributed by atoms with Gasteiger partial charge < -0.3 is 11.1 Å². The predicted molar refractivity (Wildman–Crippen MR) is 78.3 cm³/mol. The van der Waals surface area contributed by atoms with Crippen LogP contribution in [0.1, 0.15) is 41.0 Å². The van der Waals surface area contributed by atoms with Crippen molar-refractivity contribution in [1.82, 2.24) is 10.3 Å². The zero-order valence-corrected chi connectivity index (χ0v) is 11.7. The van der Waals surface area contributed by atoms with Crippen molar-refractivity contribution >= 4 is 11.8 Å². The fourth-order valence-electron chi connectivity index (χ4n) is 1.66. The first-order chi connectivity index (χ1) is 9.60. The van der Waals surface area contributed by atoms with E-state index in [0.29, 0.717) is 6.54 Å². The number of pyridine rings is 1. The smallest absolute Gasteiger partial charge is 0.252 e. The molecule has 106 valence electrons. The lowest BCUT2D eigenvalue weighted by molar-refractivity contribution is 0.0939. The average molecular weight is 273 g/mol. The molecule has 1 heterocycles. The summed E-state index contributed by atoms with van der Waals surface area (Å²) in [5, 5.41) is 2.71. The molecule has 1 aromatic rings. The Hall–Kier alpha value is -2.43. The third kappa shape index (κ3) is 4.35. The summed E-state index contributed by atoms with van der Waals surface area (Å²) in [5.74, 6) is -1.01. The molecule has 0 bridgehead atoms. The van der Waals surface area contributed by atoms with E-state index in [2.05, 4.69) is 17.2 Å². The van der Waals surface area contributed by atoms with Gasteiger partial charge in [0.1, 0.15) is 0 Å². The summed E-state index contributed by atoms with van der Waals surface area (Å²) in [6.45, 7) is 4.42. The highest BCUT2D eigenvalue weighted by atomic mass is 16.2. The Morgan fingerprint density at radius 2 is 2.15 bits per heavy atom. The van der Waals surface area contributed by atoms with Crippen LogP contribution in [-0.2, 0) is 0 Å². The van der Waals surface area contributed by atoms with Gasteiger partial charge in [-0.05, 0) is 19.4 Å². The molecule has 1 aromatic heterocycles. The molecule has 2 amide bonds. The van der Waals surface area contributed by atoms with E-state index >= 15 is 0 Å². The van der Waals surface area contributed by atoms with Crippen LogP contribution < -0.4 is 11.1 Å². The minimum absolute atomic E-state index is 0.122. The van der Waals surface area contributed by atoms with E-state index in [1.807, 2.05) is 25.2 Å². The molecule has 0 aliphatic rings. The molecule has 0 aliphatic carbocycles. The minimum atomic E-state index is -0.666. The Kier molecular flexibility index (Phi) is 6.16. The van der Waals surface area contributed by atoms with Gasteiger partial charge in [-0.3, -0.25) is 14.6 Å². The van der Waals surface area contributed by atoms with Crippen molar-refractivity contribution in [2.75, 3.05) is 6.54 Å². The van der Waals surface area contributed by atoms with Gasteiger partial charge in [-0.1, -0.05) is 30.7 Å². The monoisotopic (exact) mass is 273 g/mol. The van der Waals surface area contributed by atoms with E-state index in [9.17, 15) is 9.59 Å². The first-order valence-corrected chi connectivity index (χ1v) is 6.43. The Balaban J connectivity index is 2.67. The summed E-state index contributed by atoms with van der Waals surface area (Å²) in [4.78, 5) is 27.0. The van der Waals surface area contributed by atoms with Gasteiger partial charge in [0.2, 0.25) is 0 Å². The van der Waals surface area contributed by atoms with Crippen molar-refractivity contribution in [3.63, 3.8) is 0 Å². The number of rotatable bonds is 6. The maximum atomic E-state index is 12.0. The van der Waals surface area contributed by atoms with E-state index in [0.717, 1.165) is 6.42 Å². The van der Waals surface area contributed by atoms with Gasteiger partial charge in [0.05, 0.1) is 11.1 Å². The van der Waals surface area contributed by atoms with Gasteiger partial charge in [-0.15, -0.1) is 0 Å². The van der Waals surface area contributed by atoms with Gasteiger partial charge in [-0.25, -0.2) is 0 Å². The van der Waals surface area contributed by atoms with Crippen LogP contribution in [0.5, 0.6) is 0 Å². The predicted octanol–water partition coefficient (Wildman–Crippen LogP) is 1.82. The molecule has 0 saturated heterocycles. The van der Waals surface area contributed by atoms with Crippen LogP contribution in [0.15, 0.2) is 42.3 Å². The van der Waals surface area contributed by atoms with Crippen LogP contribution in [0.4, 0.5) is 0 Å². The number of carbonyl (C=O) groups excluding carboxylic acids is 2. The number of hydrogen-bond acceptors (Lipinski definition) is 3. The molecule has 0 aliphatic heterocycles. The molecule has 0 spiro atoms. The zero-order valence-electron chi connectivity index (χ0n) is 11.7. The number of hydrogen-bond donors (Lipinski definition) is 2. The lowest BCUT2D eigenvalue weighted by Gasteiger charge is -2.05. The first-order valence-electron chi connectivity index (χ1n) is 6.43. The van der Waals surface area contributed by atoms with Gasteiger partial charge in [0, 0.05) is 18.9 Å². The fraction of sp³-hybridized carbons (Fsp3) is 0.267. The molecule has 0 atom stereocenters. The van der Waals surface area contributed by atoms with Crippen LogP contribution in [0.2, 0.25) is 0 Å². The standard InChI is InChI=1S/C15H19N3O2/c1-3-11(4-2)6-5-8-18-15(20)12-7-9-17-10-13(12)14(16)19/h3,5-7,9-10H,4,8H2,1-2H3,(H2,16,19)(H,18,20)/b6-5-,11-3+. The maximum Gasteiger partial charge on any atom is 0.252 e. The molecule has 1 rings (SSSR count). The maximum absolute atomic E-state index is 12.0. The van der Waals surface area contributed by atoms with Crippen molar-refractivity contribution in [3.05, 3.63) is 53.4 Å². The lowest BCUT2D eigenvalue weighted by Crippen LogP contribution is -2.27. The summed E-state index contributed by atoms with van der Waals surface area (Å²) in [6, 6.07) is 1.47. The Labute approximate surface area is 118 Å². The number of nitrogens with two attached hydrogens (primary N) is 1. The Morgan fingerprint density at radius 3 is 2.75 bits per heavy atom. The number of nitrogens with one attached hydrogen (secondary N) is 1. The summed E-state index contributed by atoms with van der Waals surface area (Å²) >= 11 is 0. The van der Waals surface area contributed by atoms with Gasteiger partial charge >= 0.3 is 0 Å². The van der Waals surface area contributed by atoms with Gasteiger partial charge in [0.25, 0.3) is 11.8 Å². The van der Waals surface area contributed by atoms with Crippen LogP contribution in [0.25, 0.3) is 0 Å². The summed E-state index contributed by atoms with van der Waals surface area (Å²) in [7, 11) is 0. The molecule has 0 saturated carbocycles. The molecule has 5 heteroatoms. The highest BCUT2D eigenvalue weighted by molar-refractivity contribution is 6.06. The normalized spacial score (nSPS) is 11.6. The van der Waals surface area contributed by atoms with E-state index < -0.39 is 5.91 Å². The number of amides is 2. The van der Waals surface area contributed by atoms with Crippen molar-refractivity contribution < 1.29 is 9.59 Å². The summed E-state index contributed by atoms with van der Waals surface area (Å²) in [6.07, 6.45) is 9.53. The largest absolute Gasteiger partial charge is 0.366 e. The van der Waals surface area contributed by atoms with E-state index in [-0.39, 0.29) is 17.0 Å². The van der Waals surface area contributed by atoms with Crippen LogP contribution >= 0.6 is 0 Å². The summed E-state index contributed by atoms with van der Waals surface area (Å²) in [5.41, 5.74) is 6.76. The van der Waals surface area contributed by atoms with Crippen LogP contribution in [-0.4, -0.2) is 23.3 Å². The Morgan fingerprint density at radius 1 is 1.40 bits per heavy atom. The first kappa shape index (κ1) is 15.6. The third-order valence-corrected chi connectivity index (χ3v) is 2.82. The molecule has 5 nitrogen and oxygen atoms in total. The molecular weight excluding hydrogens is 254 g/mol. The number of carbonyl (C=O) groups is 2. The average Bonchev–Trinajstić information content (AvgIpc) is 2.47. The summed E-state index contributed by atoms with van der Waals surface area (Å²) < 4.78 is 0. The zero-order chi connectivity index (χ0) is 15.0. The fourth-order valence-corrected chi connectivity index (χ4v) is 1.66. The molecule has 3 N–H and O–H groups in total.